The summed E-state index contributed by atoms with van der Waals surface area (Å²) in [5.41, 5.74) is 1.38. The van der Waals surface area contributed by atoms with Gasteiger partial charge in [-0.05, 0) is 64.5 Å². The van der Waals surface area contributed by atoms with Gasteiger partial charge < -0.3 is 10.0 Å². The fraction of sp³-hybridized carbons (Fsp3) is 0.765. The molecule has 122 valence electrons. The molecular weight excluding hydrogens is 296 g/mol. The number of carbonyl (C=O) groups is 1. The molecule has 1 unspecified atom stereocenters. The van der Waals surface area contributed by atoms with Crippen LogP contribution in [0.5, 0.6) is 0 Å². The number of thiazole rings is 1. The van der Waals surface area contributed by atoms with Crippen LogP contribution in [-0.2, 0) is 17.6 Å². The minimum absolute atomic E-state index is 0.302. The van der Waals surface area contributed by atoms with E-state index in [0.717, 1.165) is 32.5 Å². The second-order valence-corrected chi connectivity index (χ2v) is 7.73. The van der Waals surface area contributed by atoms with Crippen LogP contribution in [0.4, 0.5) is 0 Å². The Balaban J connectivity index is 1.52. The Morgan fingerprint density at radius 2 is 2.14 bits per heavy atom. The number of aryl methyl sites for hydroxylation is 2. The highest BCUT2D eigenvalue weighted by Gasteiger charge is 2.25. The minimum atomic E-state index is -0.676. The normalized spacial score (nSPS) is 22.5. The van der Waals surface area contributed by atoms with Gasteiger partial charge in [0.25, 0.3) is 0 Å². The van der Waals surface area contributed by atoms with Crippen molar-refractivity contribution >= 4 is 17.3 Å². The molecule has 3 rings (SSSR count). The molecule has 1 aromatic rings. The monoisotopic (exact) mass is 322 g/mol. The van der Waals surface area contributed by atoms with Gasteiger partial charge in [-0.15, -0.1) is 11.3 Å². The molecule has 1 aliphatic carbocycles. The van der Waals surface area contributed by atoms with Crippen molar-refractivity contribution in [3.63, 3.8) is 0 Å². The summed E-state index contributed by atoms with van der Waals surface area (Å²) in [4.78, 5) is 19.6. The van der Waals surface area contributed by atoms with Crippen LogP contribution >= 0.6 is 11.3 Å². The summed E-state index contributed by atoms with van der Waals surface area (Å²) >= 11 is 1.96. The number of unbranched alkanes of at least 4 members (excludes halogenated alkanes) is 1. The lowest BCUT2D eigenvalue weighted by molar-refractivity contribution is -0.137. The number of carboxylic acids is 1. The Bertz CT molecular complexity index is 491. The van der Waals surface area contributed by atoms with Crippen molar-refractivity contribution < 1.29 is 9.90 Å². The van der Waals surface area contributed by atoms with Crippen molar-refractivity contribution in [1.29, 1.82) is 0 Å². The van der Waals surface area contributed by atoms with Crippen LogP contribution in [0.15, 0.2) is 0 Å². The molecule has 1 fully saturated rings. The van der Waals surface area contributed by atoms with Gasteiger partial charge in [-0.3, -0.25) is 4.79 Å². The van der Waals surface area contributed by atoms with Gasteiger partial charge in [0.2, 0.25) is 0 Å². The molecule has 1 aromatic heterocycles. The number of nitrogens with zero attached hydrogens (tertiary/aromatic N) is 2. The number of hydrogen-bond acceptors (Lipinski definition) is 4. The van der Waals surface area contributed by atoms with Crippen LogP contribution in [0.1, 0.15) is 66.4 Å². The van der Waals surface area contributed by atoms with E-state index in [-0.39, 0.29) is 0 Å². The van der Waals surface area contributed by atoms with E-state index in [1.807, 2.05) is 11.3 Å². The molecular formula is C17H26N2O2S. The maximum atomic E-state index is 10.6. The van der Waals surface area contributed by atoms with Crippen LogP contribution in [0.2, 0.25) is 0 Å². The van der Waals surface area contributed by atoms with E-state index in [0.29, 0.717) is 12.3 Å². The van der Waals surface area contributed by atoms with E-state index in [1.165, 1.54) is 49.2 Å². The third kappa shape index (κ3) is 4.07. The van der Waals surface area contributed by atoms with Crippen LogP contribution < -0.4 is 0 Å². The number of piperidine rings is 1. The number of aromatic nitrogens is 1. The van der Waals surface area contributed by atoms with Gasteiger partial charge in [-0.25, -0.2) is 4.98 Å². The summed E-state index contributed by atoms with van der Waals surface area (Å²) in [7, 11) is 0. The molecule has 0 spiro atoms. The zero-order valence-corrected chi connectivity index (χ0v) is 14.0. The fourth-order valence-corrected chi connectivity index (χ4v) is 4.90. The molecule has 1 N–H and O–H groups in total. The van der Waals surface area contributed by atoms with E-state index in [9.17, 15) is 4.79 Å². The molecule has 0 saturated carbocycles. The topological polar surface area (TPSA) is 53.4 Å². The summed E-state index contributed by atoms with van der Waals surface area (Å²) in [6, 6.07) is 0. The molecule has 4 nitrogen and oxygen atoms in total. The first-order chi connectivity index (χ1) is 10.7. The predicted octanol–water partition coefficient (Wildman–Crippen LogP) is 3.46. The molecule has 1 aliphatic heterocycles. The summed E-state index contributed by atoms with van der Waals surface area (Å²) < 4.78 is 0. The van der Waals surface area contributed by atoms with E-state index in [2.05, 4.69) is 4.90 Å². The van der Waals surface area contributed by atoms with Gasteiger partial charge in [0, 0.05) is 23.8 Å². The number of hydrogen-bond donors (Lipinski definition) is 1. The fourth-order valence-electron chi connectivity index (χ4n) is 3.62. The maximum Gasteiger partial charge on any atom is 0.303 e. The number of carboxylic acid groups (broad SMARTS) is 1. The Morgan fingerprint density at radius 3 is 2.95 bits per heavy atom. The highest BCUT2D eigenvalue weighted by molar-refractivity contribution is 7.11. The second-order valence-electron chi connectivity index (χ2n) is 6.62. The third-order valence-electron chi connectivity index (χ3n) is 4.83. The molecule has 5 heteroatoms. The van der Waals surface area contributed by atoms with Crippen molar-refractivity contribution in [2.45, 2.75) is 63.7 Å². The molecule has 0 amide bonds. The van der Waals surface area contributed by atoms with Crippen molar-refractivity contribution in [2.24, 2.45) is 0 Å². The SMILES string of the molecule is O=C(O)CCCCN1CCCC(c2nc3c(s2)CCCC3)C1. The van der Waals surface area contributed by atoms with Gasteiger partial charge in [-0.2, -0.15) is 0 Å². The average Bonchev–Trinajstić information content (AvgIpc) is 2.96. The standard InChI is InChI=1S/C17H26N2O2S/c20-16(21)9-3-4-10-19-11-5-6-13(12-19)17-18-14-7-1-2-8-15(14)22-17/h13H,1-12H2,(H,20,21). The average molecular weight is 322 g/mol. The number of aliphatic carboxylic acids is 1. The number of likely N-dealkylation sites (tertiary alicyclic amines) is 1. The van der Waals surface area contributed by atoms with E-state index in [4.69, 9.17) is 10.1 Å². The molecule has 2 heterocycles. The second kappa shape index (κ2) is 7.55. The minimum Gasteiger partial charge on any atom is -0.481 e. The smallest absolute Gasteiger partial charge is 0.303 e. The Morgan fingerprint density at radius 1 is 1.27 bits per heavy atom. The molecule has 0 bridgehead atoms. The molecule has 2 aliphatic rings. The molecule has 22 heavy (non-hydrogen) atoms. The van der Waals surface area contributed by atoms with Crippen LogP contribution in [-0.4, -0.2) is 40.6 Å². The highest BCUT2D eigenvalue weighted by atomic mass is 32.1. The quantitative estimate of drug-likeness (QED) is 0.815. The van der Waals surface area contributed by atoms with Gasteiger partial charge in [-0.1, -0.05) is 0 Å². The van der Waals surface area contributed by atoms with Gasteiger partial charge >= 0.3 is 5.97 Å². The zero-order chi connectivity index (χ0) is 15.4. The van der Waals surface area contributed by atoms with Crippen molar-refractivity contribution in [3.8, 4) is 0 Å². The van der Waals surface area contributed by atoms with Crippen molar-refractivity contribution in [1.82, 2.24) is 9.88 Å². The lowest BCUT2D eigenvalue weighted by atomic mass is 9.98. The molecule has 0 radical (unpaired) electrons. The van der Waals surface area contributed by atoms with Gasteiger partial charge in [0.15, 0.2) is 0 Å². The molecule has 1 saturated heterocycles. The van der Waals surface area contributed by atoms with E-state index < -0.39 is 5.97 Å². The predicted molar refractivity (Wildman–Crippen MR) is 88.7 cm³/mol. The first-order valence-corrected chi connectivity index (χ1v) is 9.46. The number of fused-ring (bicyclic) bond motifs is 1. The van der Waals surface area contributed by atoms with Crippen LogP contribution in [0.3, 0.4) is 0 Å². The van der Waals surface area contributed by atoms with E-state index >= 15 is 0 Å². The molecule has 0 aromatic carbocycles. The Labute approximate surface area is 136 Å². The number of rotatable bonds is 6. The first kappa shape index (κ1) is 15.9. The highest BCUT2D eigenvalue weighted by Crippen LogP contribution is 2.34. The van der Waals surface area contributed by atoms with Gasteiger partial charge in [0.1, 0.15) is 0 Å². The third-order valence-corrected chi connectivity index (χ3v) is 6.15. The zero-order valence-electron chi connectivity index (χ0n) is 13.2. The first-order valence-electron chi connectivity index (χ1n) is 8.65. The largest absolute Gasteiger partial charge is 0.481 e. The van der Waals surface area contributed by atoms with Gasteiger partial charge in [0.05, 0.1) is 10.7 Å². The van der Waals surface area contributed by atoms with Crippen LogP contribution in [0.25, 0.3) is 0 Å². The summed E-state index contributed by atoms with van der Waals surface area (Å²) in [5, 5.41) is 10.1. The Kier molecular flexibility index (Phi) is 5.47. The molecule has 1 atom stereocenters. The van der Waals surface area contributed by atoms with Crippen LogP contribution in [0, 0.1) is 0 Å². The summed E-state index contributed by atoms with van der Waals surface area (Å²) in [6.07, 6.45) is 9.64. The summed E-state index contributed by atoms with van der Waals surface area (Å²) in [6.45, 7) is 3.31. The van der Waals surface area contributed by atoms with Crippen molar-refractivity contribution in [3.05, 3.63) is 15.6 Å². The van der Waals surface area contributed by atoms with E-state index in [1.54, 1.807) is 4.88 Å². The Hall–Kier alpha value is -0.940. The lowest BCUT2D eigenvalue weighted by Crippen LogP contribution is -2.35. The maximum absolute atomic E-state index is 10.6. The lowest BCUT2D eigenvalue weighted by Gasteiger charge is -2.31. The summed E-state index contributed by atoms with van der Waals surface area (Å²) in [5.74, 6) is -0.0753. The van der Waals surface area contributed by atoms with Crippen molar-refractivity contribution in [2.75, 3.05) is 19.6 Å².